The van der Waals surface area contributed by atoms with Gasteiger partial charge in [-0.05, 0) is 40.3 Å². The third-order valence-electron chi connectivity index (χ3n) is 6.09. The fourth-order valence-electron chi connectivity index (χ4n) is 4.66. The van der Waals surface area contributed by atoms with E-state index in [9.17, 15) is 4.79 Å². The van der Waals surface area contributed by atoms with E-state index in [-0.39, 0.29) is 42.9 Å². The molecule has 0 saturated carbocycles. The summed E-state index contributed by atoms with van der Waals surface area (Å²) in [5.41, 5.74) is 7.05. The molecule has 5 rings (SSSR count). The molecule has 1 amide bonds. The maximum absolute atomic E-state index is 13.1. The molecule has 1 aliphatic heterocycles. The number of aryl methyl sites for hydroxylation is 1. The second kappa shape index (κ2) is 10.3. The number of carbonyl (C=O) groups is 1. The molecule has 0 radical (unpaired) electrons. The number of carbonyl (C=O) groups excluding carboxylic acids is 1. The van der Waals surface area contributed by atoms with Gasteiger partial charge in [-0.25, -0.2) is 4.79 Å². The summed E-state index contributed by atoms with van der Waals surface area (Å²) in [4.78, 5) is 19.2. The van der Waals surface area contributed by atoms with E-state index >= 15 is 0 Å². The largest absolute Gasteiger partial charge is 0.448 e. The highest BCUT2D eigenvalue weighted by Crippen LogP contribution is 2.44. The van der Waals surface area contributed by atoms with Gasteiger partial charge in [-0.1, -0.05) is 54.6 Å². The minimum Gasteiger partial charge on any atom is -0.448 e. The molecule has 168 valence electrons. The highest BCUT2D eigenvalue weighted by atomic mass is 35.5. The number of rotatable bonds is 3. The van der Waals surface area contributed by atoms with Crippen LogP contribution in [-0.2, 0) is 4.74 Å². The molecule has 1 fully saturated rings. The van der Waals surface area contributed by atoms with E-state index in [1.807, 2.05) is 24.2 Å². The molecule has 3 aromatic rings. The Morgan fingerprint density at radius 1 is 1.06 bits per heavy atom. The molecule has 0 spiro atoms. The van der Waals surface area contributed by atoms with Crippen LogP contribution in [0.25, 0.3) is 11.1 Å². The highest BCUT2D eigenvalue weighted by molar-refractivity contribution is 5.85. The number of piperazine rings is 1. The van der Waals surface area contributed by atoms with Crippen LogP contribution in [0.1, 0.15) is 34.2 Å². The Bertz CT molecular complexity index is 1050. The van der Waals surface area contributed by atoms with Crippen LogP contribution in [0, 0.1) is 6.92 Å². The SMILES string of the molecule is Cc1cncc(C2CNCCN2C(=O)OCC2c3ccccc3-c3ccccc32)c1.Cl.Cl. The normalized spacial score (nSPS) is 16.9. The van der Waals surface area contributed by atoms with Crippen molar-refractivity contribution in [2.24, 2.45) is 0 Å². The fraction of sp³-hybridized carbons (Fsp3) is 0.280. The van der Waals surface area contributed by atoms with Crippen molar-refractivity contribution in [3.8, 4) is 11.1 Å². The Hall–Kier alpha value is -2.60. The molecule has 2 heterocycles. The number of hydrogen-bond donors (Lipinski definition) is 1. The first-order valence-electron chi connectivity index (χ1n) is 10.5. The molecule has 1 unspecified atom stereocenters. The number of fused-ring (bicyclic) bond motifs is 3. The summed E-state index contributed by atoms with van der Waals surface area (Å²) in [6.07, 6.45) is 3.41. The van der Waals surface area contributed by atoms with Gasteiger partial charge < -0.3 is 10.1 Å². The van der Waals surface area contributed by atoms with Crippen LogP contribution in [0.5, 0.6) is 0 Å². The van der Waals surface area contributed by atoms with E-state index in [1.165, 1.54) is 22.3 Å². The van der Waals surface area contributed by atoms with Gasteiger partial charge in [0.25, 0.3) is 0 Å². The van der Waals surface area contributed by atoms with Gasteiger partial charge in [0, 0.05) is 37.9 Å². The van der Waals surface area contributed by atoms with E-state index in [0.717, 1.165) is 17.7 Å². The summed E-state index contributed by atoms with van der Waals surface area (Å²) in [5.74, 6) is 0.0725. The van der Waals surface area contributed by atoms with Crippen molar-refractivity contribution >= 4 is 30.9 Å². The average molecular weight is 472 g/mol. The molecule has 32 heavy (non-hydrogen) atoms. The third-order valence-corrected chi connectivity index (χ3v) is 6.09. The van der Waals surface area contributed by atoms with E-state index in [0.29, 0.717) is 19.7 Å². The lowest BCUT2D eigenvalue weighted by molar-refractivity contribution is 0.0751. The molecule has 1 atom stereocenters. The number of pyridine rings is 1. The predicted molar refractivity (Wildman–Crippen MR) is 131 cm³/mol. The predicted octanol–water partition coefficient (Wildman–Crippen LogP) is 5.13. The lowest BCUT2D eigenvalue weighted by atomic mass is 9.98. The molecule has 5 nitrogen and oxygen atoms in total. The summed E-state index contributed by atoms with van der Waals surface area (Å²) in [6, 6.07) is 18.8. The van der Waals surface area contributed by atoms with Crippen molar-refractivity contribution in [1.82, 2.24) is 15.2 Å². The number of benzene rings is 2. The van der Waals surface area contributed by atoms with Gasteiger partial charge >= 0.3 is 6.09 Å². The molecular weight excluding hydrogens is 445 g/mol. The zero-order chi connectivity index (χ0) is 20.5. The zero-order valence-corrected chi connectivity index (χ0v) is 19.5. The quantitative estimate of drug-likeness (QED) is 0.575. The Kier molecular flexibility index (Phi) is 7.77. The summed E-state index contributed by atoms with van der Waals surface area (Å²) < 4.78 is 5.90. The van der Waals surface area contributed by atoms with Crippen molar-refractivity contribution in [3.63, 3.8) is 0 Å². The fourth-order valence-corrected chi connectivity index (χ4v) is 4.66. The molecule has 2 aromatic carbocycles. The standard InChI is InChI=1S/C25H25N3O2.2ClH/c1-17-12-18(14-27-13-17)24-15-26-10-11-28(24)25(29)30-16-23-21-8-4-2-6-19(21)20-7-3-5-9-22(20)23;;/h2-9,12-14,23-24,26H,10-11,15-16H2,1H3;2*1H. The topological polar surface area (TPSA) is 54.5 Å². The van der Waals surface area contributed by atoms with Crippen molar-refractivity contribution < 1.29 is 9.53 Å². The smallest absolute Gasteiger partial charge is 0.410 e. The van der Waals surface area contributed by atoms with Gasteiger partial charge in [0.15, 0.2) is 0 Å². The van der Waals surface area contributed by atoms with Crippen molar-refractivity contribution in [2.45, 2.75) is 18.9 Å². The van der Waals surface area contributed by atoms with Crippen LogP contribution in [0.3, 0.4) is 0 Å². The Morgan fingerprint density at radius 3 is 2.38 bits per heavy atom. The Balaban J connectivity index is 0.00000144. The third kappa shape index (κ3) is 4.46. The van der Waals surface area contributed by atoms with Crippen LogP contribution >= 0.6 is 24.8 Å². The van der Waals surface area contributed by atoms with Crippen LogP contribution in [0.2, 0.25) is 0 Å². The van der Waals surface area contributed by atoms with Gasteiger partial charge in [-0.15, -0.1) is 24.8 Å². The van der Waals surface area contributed by atoms with Crippen molar-refractivity contribution in [3.05, 3.63) is 89.2 Å². The highest BCUT2D eigenvalue weighted by Gasteiger charge is 2.32. The van der Waals surface area contributed by atoms with Crippen molar-refractivity contribution in [1.29, 1.82) is 0 Å². The molecule has 0 bridgehead atoms. The van der Waals surface area contributed by atoms with E-state index in [1.54, 1.807) is 0 Å². The maximum atomic E-state index is 13.1. The molecular formula is C25H27Cl2N3O2. The van der Waals surface area contributed by atoms with Crippen LogP contribution in [0.15, 0.2) is 67.0 Å². The average Bonchev–Trinajstić information content (AvgIpc) is 3.11. The number of aromatic nitrogens is 1. The van der Waals surface area contributed by atoms with E-state index < -0.39 is 0 Å². The summed E-state index contributed by atoms with van der Waals surface area (Å²) in [5, 5.41) is 3.38. The van der Waals surface area contributed by atoms with E-state index in [2.05, 4.69) is 64.9 Å². The number of nitrogens with one attached hydrogen (secondary N) is 1. The molecule has 1 aliphatic carbocycles. The van der Waals surface area contributed by atoms with E-state index in [4.69, 9.17) is 4.74 Å². The van der Waals surface area contributed by atoms with Crippen molar-refractivity contribution in [2.75, 3.05) is 26.2 Å². The minimum atomic E-state index is -0.259. The summed E-state index contributed by atoms with van der Waals surface area (Å²) in [6.45, 7) is 4.45. The molecule has 1 N–H and O–H groups in total. The lowest BCUT2D eigenvalue weighted by Crippen LogP contribution is -2.49. The number of halogens is 2. The summed E-state index contributed by atoms with van der Waals surface area (Å²) in [7, 11) is 0. The monoisotopic (exact) mass is 471 g/mol. The molecule has 2 aliphatic rings. The molecule has 7 heteroatoms. The second-order valence-corrected chi connectivity index (χ2v) is 8.01. The molecule has 1 aromatic heterocycles. The summed E-state index contributed by atoms with van der Waals surface area (Å²) >= 11 is 0. The Labute approximate surface area is 201 Å². The van der Waals surface area contributed by atoms with Gasteiger partial charge in [-0.3, -0.25) is 9.88 Å². The lowest BCUT2D eigenvalue weighted by Gasteiger charge is -2.35. The number of hydrogen-bond acceptors (Lipinski definition) is 4. The molecule has 1 saturated heterocycles. The number of amides is 1. The van der Waals surface area contributed by atoms with Gasteiger partial charge in [0.1, 0.15) is 6.61 Å². The zero-order valence-electron chi connectivity index (χ0n) is 17.9. The van der Waals surface area contributed by atoms with Crippen LogP contribution in [0.4, 0.5) is 4.79 Å². The maximum Gasteiger partial charge on any atom is 0.410 e. The first-order valence-corrected chi connectivity index (χ1v) is 10.5. The minimum absolute atomic E-state index is 0. The number of ether oxygens (including phenoxy) is 1. The Morgan fingerprint density at radius 2 is 1.72 bits per heavy atom. The first kappa shape index (κ1) is 24.1. The second-order valence-electron chi connectivity index (χ2n) is 8.01. The van der Waals surface area contributed by atoms with Crippen LogP contribution < -0.4 is 5.32 Å². The first-order chi connectivity index (χ1) is 14.7. The number of nitrogens with zero attached hydrogens (tertiary/aromatic N) is 2. The van der Waals surface area contributed by atoms with Gasteiger partial charge in [0.2, 0.25) is 0 Å². The van der Waals surface area contributed by atoms with Gasteiger partial charge in [0.05, 0.1) is 6.04 Å². The van der Waals surface area contributed by atoms with Gasteiger partial charge in [-0.2, -0.15) is 0 Å². The van der Waals surface area contributed by atoms with Crippen LogP contribution in [-0.4, -0.2) is 42.2 Å².